The van der Waals surface area contributed by atoms with Crippen molar-refractivity contribution in [3.05, 3.63) is 30.0 Å². The summed E-state index contributed by atoms with van der Waals surface area (Å²) in [6.45, 7) is 2.04. The Kier molecular flexibility index (Phi) is 2.99. The van der Waals surface area contributed by atoms with Crippen LogP contribution >= 0.6 is 0 Å². The highest BCUT2D eigenvalue weighted by atomic mass is 32.2. The predicted octanol–water partition coefficient (Wildman–Crippen LogP) is -0.0699. The maximum atomic E-state index is 11.8. The number of nitrogens with zero attached hydrogens (tertiary/aromatic N) is 3. The molecule has 2 aromatic heterocycles. The Morgan fingerprint density at radius 3 is 2.82 bits per heavy atom. The zero-order chi connectivity index (χ0) is 12.5. The van der Waals surface area contributed by atoms with Crippen LogP contribution in [0.1, 0.15) is 11.3 Å². The number of aromatic nitrogens is 4. The van der Waals surface area contributed by atoms with Crippen molar-refractivity contribution in [3.8, 4) is 0 Å². The summed E-state index contributed by atoms with van der Waals surface area (Å²) in [6.07, 6.45) is 4.37. The first-order valence-corrected chi connectivity index (χ1v) is 6.44. The van der Waals surface area contributed by atoms with Crippen LogP contribution in [0.25, 0.3) is 0 Å². The van der Waals surface area contributed by atoms with Crippen LogP contribution in [0, 0.1) is 6.92 Å². The molecule has 7 nitrogen and oxygen atoms in total. The van der Waals surface area contributed by atoms with E-state index in [9.17, 15) is 8.42 Å². The molecule has 0 unspecified atom stereocenters. The number of nitrogens with one attached hydrogen (secondary N) is 2. The van der Waals surface area contributed by atoms with Crippen molar-refractivity contribution in [3.63, 3.8) is 0 Å². The largest absolute Gasteiger partial charge is 0.335 e. The maximum Gasteiger partial charge on any atom is 0.257 e. The van der Waals surface area contributed by atoms with Crippen molar-refractivity contribution in [2.75, 3.05) is 0 Å². The van der Waals surface area contributed by atoms with Crippen LogP contribution in [0.4, 0.5) is 0 Å². The fourth-order valence-corrected chi connectivity index (χ4v) is 2.37. The summed E-state index contributed by atoms with van der Waals surface area (Å²) in [5.74, 6) is 0. The van der Waals surface area contributed by atoms with Gasteiger partial charge in [-0.2, -0.15) is 5.10 Å². The smallest absolute Gasteiger partial charge is 0.257 e. The van der Waals surface area contributed by atoms with Gasteiger partial charge >= 0.3 is 0 Å². The van der Waals surface area contributed by atoms with E-state index in [0.29, 0.717) is 0 Å². The van der Waals surface area contributed by atoms with Crippen molar-refractivity contribution in [1.29, 1.82) is 0 Å². The van der Waals surface area contributed by atoms with Crippen LogP contribution < -0.4 is 4.72 Å². The van der Waals surface area contributed by atoms with Gasteiger partial charge in [0.1, 0.15) is 0 Å². The van der Waals surface area contributed by atoms with Gasteiger partial charge in [0.25, 0.3) is 10.0 Å². The van der Waals surface area contributed by atoms with Crippen LogP contribution in [0.2, 0.25) is 0 Å². The minimum atomic E-state index is -3.53. The highest BCUT2D eigenvalue weighted by molar-refractivity contribution is 7.89. The summed E-state index contributed by atoms with van der Waals surface area (Å²) < 4.78 is 27.7. The Morgan fingerprint density at radius 1 is 1.53 bits per heavy atom. The molecule has 0 fully saturated rings. The van der Waals surface area contributed by atoms with Gasteiger partial charge in [-0.15, -0.1) is 0 Å². The zero-order valence-electron chi connectivity index (χ0n) is 9.51. The van der Waals surface area contributed by atoms with E-state index in [4.69, 9.17) is 0 Å². The number of hydrogen-bond acceptors (Lipinski definition) is 4. The Balaban J connectivity index is 2.11. The Hall–Kier alpha value is -1.67. The number of sulfonamides is 1. The third-order valence-corrected chi connectivity index (χ3v) is 3.66. The monoisotopic (exact) mass is 255 g/mol. The molecule has 0 radical (unpaired) electrons. The van der Waals surface area contributed by atoms with Crippen molar-refractivity contribution in [2.24, 2.45) is 7.05 Å². The van der Waals surface area contributed by atoms with Gasteiger partial charge in [-0.05, 0) is 6.92 Å². The van der Waals surface area contributed by atoms with Gasteiger partial charge in [-0.3, -0.25) is 4.68 Å². The van der Waals surface area contributed by atoms with E-state index in [1.807, 2.05) is 6.92 Å². The van der Waals surface area contributed by atoms with Crippen molar-refractivity contribution < 1.29 is 8.42 Å². The number of hydrogen-bond donors (Lipinski definition) is 2. The van der Waals surface area contributed by atoms with Gasteiger partial charge in [-0.1, -0.05) is 0 Å². The van der Waals surface area contributed by atoms with E-state index in [-0.39, 0.29) is 11.6 Å². The molecule has 0 saturated carbocycles. The Labute approximate surface area is 98.9 Å². The van der Waals surface area contributed by atoms with E-state index >= 15 is 0 Å². The number of H-pyrrole nitrogens is 1. The Bertz CT molecular complexity index is 599. The predicted molar refractivity (Wildman–Crippen MR) is 60.6 cm³/mol. The van der Waals surface area contributed by atoms with E-state index < -0.39 is 10.0 Å². The molecule has 2 heterocycles. The standard InChI is InChI=1S/C9H13N5O2S/c1-7-8(5-14(2)13-7)3-12-17(15,16)9-4-10-6-11-9/h4-6,12H,3H2,1-2H3,(H,10,11). The summed E-state index contributed by atoms with van der Waals surface area (Å²) >= 11 is 0. The van der Waals surface area contributed by atoms with E-state index in [1.54, 1.807) is 17.9 Å². The minimum Gasteiger partial charge on any atom is -0.335 e. The lowest BCUT2D eigenvalue weighted by Gasteiger charge is -2.03. The lowest BCUT2D eigenvalue weighted by Crippen LogP contribution is -2.23. The van der Waals surface area contributed by atoms with Crippen molar-refractivity contribution in [2.45, 2.75) is 18.5 Å². The number of rotatable bonds is 4. The molecule has 0 atom stereocenters. The first kappa shape index (κ1) is 11.8. The molecule has 0 spiro atoms. The van der Waals surface area contributed by atoms with Gasteiger partial charge in [0.05, 0.1) is 18.2 Å². The van der Waals surface area contributed by atoms with Crippen LogP contribution in [-0.4, -0.2) is 28.2 Å². The molecular weight excluding hydrogens is 242 g/mol. The SMILES string of the molecule is Cc1nn(C)cc1CNS(=O)(=O)c1cnc[nH]1. The van der Waals surface area contributed by atoms with Crippen LogP contribution in [0.5, 0.6) is 0 Å². The fraction of sp³-hybridized carbons (Fsp3) is 0.333. The van der Waals surface area contributed by atoms with Gasteiger partial charge in [0.15, 0.2) is 5.03 Å². The molecular formula is C9H13N5O2S. The summed E-state index contributed by atoms with van der Waals surface area (Å²) in [6, 6.07) is 0. The minimum absolute atomic E-state index is 0.0547. The van der Waals surface area contributed by atoms with Crippen LogP contribution in [-0.2, 0) is 23.6 Å². The molecule has 2 N–H and O–H groups in total. The zero-order valence-corrected chi connectivity index (χ0v) is 10.3. The second-order valence-electron chi connectivity index (χ2n) is 3.65. The highest BCUT2D eigenvalue weighted by Crippen LogP contribution is 2.07. The number of imidazole rings is 1. The second kappa shape index (κ2) is 4.30. The van der Waals surface area contributed by atoms with Crippen molar-refractivity contribution >= 4 is 10.0 Å². The Morgan fingerprint density at radius 2 is 2.29 bits per heavy atom. The second-order valence-corrected chi connectivity index (χ2v) is 5.39. The quantitative estimate of drug-likeness (QED) is 0.799. The molecule has 0 aliphatic rings. The summed E-state index contributed by atoms with van der Waals surface area (Å²) in [4.78, 5) is 6.23. The van der Waals surface area contributed by atoms with Gasteiger partial charge in [-0.25, -0.2) is 18.1 Å². The topological polar surface area (TPSA) is 92.7 Å². The third kappa shape index (κ3) is 2.53. The lowest BCUT2D eigenvalue weighted by molar-refractivity contribution is 0.578. The van der Waals surface area contributed by atoms with Gasteiger partial charge in [0, 0.05) is 25.4 Å². The first-order valence-electron chi connectivity index (χ1n) is 4.96. The van der Waals surface area contributed by atoms with Gasteiger partial charge < -0.3 is 4.98 Å². The maximum absolute atomic E-state index is 11.8. The fourth-order valence-electron chi connectivity index (χ4n) is 1.46. The summed E-state index contributed by atoms with van der Waals surface area (Å²) in [5, 5.41) is 4.19. The normalized spacial score (nSPS) is 11.9. The van der Waals surface area contributed by atoms with E-state index in [1.165, 1.54) is 12.5 Å². The number of aryl methyl sites for hydroxylation is 2. The molecule has 2 aromatic rings. The van der Waals surface area contributed by atoms with E-state index in [2.05, 4.69) is 19.8 Å². The molecule has 0 amide bonds. The molecule has 17 heavy (non-hydrogen) atoms. The lowest BCUT2D eigenvalue weighted by atomic mass is 10.3. The molecule has 8 heteroatoms. The molecule has 0 aliphatic heterocycles. The third-order valence-electron chi connectivity index (χ3n) is 2.33. The average molecular weight is 255 g/mol. The van der Waals surface area contributed by atoms with Crippen LogP contribution in [0.15, 0.2) is 23.7 Å². The molecule has 0 bridgehead atoms. The molecule has 0 aliphatic carbocycles. The van der Waals surface area contributed by atoms with Crippen LogP contribution in [0.3, 0.4) is 0 Å². The molecule has 92 valence electrons. The average Bonchev–Trinajstić information content (AvgIpc) is 2.85. The first-order chi connectivity index (χ1) is 7.99. The molecule has 0 saturated heterocycles. The summed E-state index contributed by atoms with van der Waals surface area (Å²) in [7, 11) is -1.74. The van der Waals surface area contributed by atoms with Crippen molar-refractivity contribution in [1.82, 2.24) is 24.5 Å². The number of aromatic amines is 1. The van der Waals surface area contributed by atoms with E-state index in [0.717, 1.165) is 11.3 Å². The highest BCUT2D eigenvalue weighted by Gasteiger charge is 2.15. The molecule has 0 aromatic carbocycles. The molecule has 2 rings (SSSR count). The van der Waals surface area contributed by atoms with Gasteiger partial charge in [0.2, 0.25) is 0 Å². The summed E-state index contributed by atoms with van der Waals surface area (Å²) in [5.41, 5.74) is 1.65.